The zero-order valence-corrected chi connectivity index (χ0v) is 17.5. The fourth-order valence-corrected chi connectivity index (χ4v) is 3.60. The number of amides is 1. The first-order valence-corrected chi connectivity index (χ1v) is 10.5. The summed E-state index contributed by atoms with van der Waals surface area (Å²) in [6.07, 6.45) is 0. The Morgan fingerprint density at radius 3 is 2.55 bits per heavy atom. The molecule has 1 N–H and O–H groups in total. The lowest BCUT2D eigenvalue weighted by Gasteiger charge is -2.05. The average molecular weight is 472 g/mol. The third kappa shape index (κ3) is 4.80. The molecule has 2 aromatic carbocycles. The maximum Gasteiger partial charge on any atom is 0.230 e. The summed E-state index contributed by atoms with van der Waals surface area (Å²) in [6, 6.07) is 17.6. The van der Waals surface area contributed by atoms with Crippen LogP contribution in [-0.4, -0.2) is 31.5 Å². The van der Waals surface area contributed by atoms with Gasteiger partial charge >= 0.3 is 0 Å². The number of thioether (sulfide) groups is 1. The van der Waals surface area contributed by atoms with Crippen LogP contribution < -0.4 is 5.32 Å². The monoisotopic (exact) mass is 471 g/mol. The Hall–Kier alpha value is -2.78. The van der Waals surface area contributed by atoms with Crippen molar-refractivity contribution in [1.29, 1.82) is 0 Å². The van der Waals surface area contributed by atoms with Gasteiger partial charge in [-0.05, 0) is 42.0 Å². The minimum atomic E-state index is -0.302. The highest BCUT2D eigenvalue weighted by molar-refractivity contribution is 9.10. The molecule has 0 bridgehead atoms. The zero-order chi connectivity index (χ0) is 20.2. The predicted octanol–water partition coefficient (Wildman–Crippen LogP) is 4.10. The molecule has 0 aliphatic heterocycles. The number of halogens is 2. The maximum atomic E-state index is 12.9. The highest BCUT2D eigenvalue weighted by atomic mass is 79.9. The van der Waals surface area contributed by atoms with Crippen molar-refractivity contribution in [3.63, 3.8) is 0 Å². The molecule has 0 saturated heterocycles. The first-order chi connectivity index (χ1) is 14.1. The summed E-state index contributed by atoms with van der Waals surface area (Å²) in [7, 11) is 0. The van der Waals surface area contributed by atoms with Gasteiger partial charge in [-0.2, -0.15) is 9.61 Å². The van der Waals surface area contributed by atoms with Crippen LogP contribution in [0.1, 0.15) is 5.56 Å². The van der Waals surface area contributed by atoms with Crippen LogP contribution in [0, 0.1) is 5.82 Å². The van der Waals surface area contributed by atoms with Crippen LogP contribution in [0.2, 0.25) is 0 Å². The molecule has 0 aliphatic carbocycles. The molecule has 9 heteroatoms. The van der Waals surface area contributed by atoms with Gasteiger partial charge in [0.25, 0.3) is 0 Å². The molecule has 29 heavy (non-hydrogen) atoms. The number of benzene rings is 2. The standard InChI is InChI=1S/C20H15BrFN5OS/c21-15-5-3-14(4-6-15)17-9-10-18-24-25-20(27(18)26-17)29-12-19(28)23-11-13-1-7-16(22)8-2-13/h1-10H,11-12H2,(H,23,28). The molecule has 0 atom stereocenters. The van der Waals surface area contributed by atoms with E-state index in [9.17, 15) is 9.18 Å². The summed E-state index contributed by atoms with van der Waals surface area (Å²) in [5.74, 6) is -0.281. The molecule has 4 aromatic rings. The third-order valence-electron chi connectivity index (χ3n) is 4.11. The second kappa shape index (κ2) is 8.71. The normalized spacial score (nSPS) is 11.0. The Labute approximate surface area is 178 Å². The Balaban J connectivity index is 1.42. The van der Waals surface area contributed by atoms with E-state index in [0.29, 0.717) is 17.3 Å². The lowest BCUT2D eigenvalue weighted by atomic mass is 10.1. The van der Waals surface area contributed by atoms with Crippen LogP contribution in [0.3, 0.4) is 0 Å². The zero-order valence-electron chi connectivity index (χ0n) is 15.0. The molecule has 0 unspecified atom stereocenters. The topological polar surface area (TPSA) is 72.2 Å². The Kier molecular flexibility index (Phi) is 5.86. The number of nitrogens with zero attached hydrogens (tertiary/aromatic N) is 4. The van der Waals surface area contributed by atoms with Crippen molar-refractivity contribution in [1.82, 2.24) is 25.1 Å². The van der Waals surface area contributed by atoms with Crippen molar-refractivity contribution in [2.75, 3.05) is 5.75 Å². The van der Waals surface area contributed by atoms with E-state index in [1.54, 1.807) is 16.6 Å². The van der Waals surface area contributed by atoms with Gasteiger partial charge < -0.3 is 5.32 Å². The molecule has 2 aromatic heterocycles. The molecule has 0 spiro atoms. The summed E-state index contributed by atoms with van der Waals surface area (Å²) in [5, 5.41) is 16.2. The maximum absolute atomic E-state index is 12.9. The Morgan fingerprint density at radius 2 is 1.79 bits per heavy atom. The van der Waals surface area contributed by atoms with Crippen LogP contribution in [0.15, 0.2) is 70.3 Å². The van der Waals surface area contributed by atoms with Crippen molar-refractivity contribution in [3.8, 4) is 11.3 Å². The fourth-order valence-electron chi connectivity index (χ4n) is 2.62. The van der Waals surface area contributed by atoms with Gasteiger partial charge in [-0.3, -0.25) is 4.79 Å². The summed E-state index contributed by atoms with van der Waals surface area (Å²) < 4.78 is 15.6. The molecular weight excluding hydrogens is 457 g/mol. The summed E-state index contributed by atoms with van der Waals surface area (Å²) in [6.45, 7) is 0.340. The number of hydrogen-bond acceptors (Lipinski definition) is 5. The molecule has 0 aliphatic rings. The third-order valence-corrected chi connectivity index (χ3v) is 5.56. The minimum absolute atomic E-state index is 0.153. The van der Waals surface area contributed by atoms with Crippen LogP contribution in [0.5, 0.6) is 0 Å². The van der Waals surface area contributed by atoms with Crippen LogP contribution in [-0.2, 0) is 11.3 Å². The number of carbonyl (C=O) groups is 1. The van der Waals surface area contributed by atoms with Gasteiger partial charge in [0.05, 0.1) is 11.4 Å². The molecular formula is C20H15BrFN5OS. The molecule has 2 heterocycles. The van der Waals surface area contributed by atoms with E-state index < -0.39 is 0 Å². The summed E-state index contributed by atoms with van der Waals surface area (Å²) in [4.78, 5) is 12.1. The Morgan fingerprint density at radius 1 is 1.03 bits per heavy atom. The van der Waals surface area contributed by atoms with E-state index in [-0.39, 0.29) is 17.5 Å². The summed E-state index contributed by atoms with van der Waals surface area (Å²) in [5.41, 5.74) is 3.20. The average Bonchev–Trinajstić information content (AvgIpc) is 3.14. The first-order valence-electron chi connectivity index (χ1n) is 8.71. The number of aromatic nitrogens is 4. The van der Waals surface area contributed by atoms with Crippen molar-refractivity contribution in [2.24, 2.45) is 0 Å². The van der Waals surface area contributed by atoms with Crippen molar-refractivity contribution < 1.29 is 9.18 Å². The van der Waals surface area contributed by atoms with Crippen molar-refractivity contribution >= 4 is 39.2 Å². The van der Waals surface area contributed by atoms with E-state index in [2.05, 4.69) is 36.5 Å². The first kappa shape index (κ1) is 19.5. The highest BCUT2D eigenvalue weighted by Gasteiger charge is 2.11. The smallest absolute Gasteiger partial charge is 0.230 e. The predicted molar refractivity (Wildman–Crippen MR) is 113 cm³/mol. The van der Waals surface area contributed by atoms with Crippen LogP contribution >= 0.6 is 27.7 Å². The molecule has 1 amide bonds. The van der Waals surface area contributed by atoms with E-state index in [1.165, 1.54) is 23.9 Å². The summed E-state index contributed by atoms with van der Waals surface area (Å²) >= 11 is 4.68. The van der Waals surface area contributed by atoms with E-state index in [0.717, 1.165) is 21.3 Å². The molecule has 0 fully saturated rings. The second-order valence-electron chi connectivity index (χ2n) is 6.17. The molecule has 0 radical (unpaired) electrons. The van der Waals surface area contributed by atoms with Gasteiger partial charge in [0, 0.05) is 16.6 Å². The SMILES string of the molecule is O=C(CSc1nnc2ccc(-c3ccc(Br)cc3)nn12)NCc1ccc(F)cc1. The highest BCUT2D eigenvalue weighted by Crippen LogP contribution is 2.22. The lowest BCUT2D eigenvalue weighted by molar-refractivity contribution is -0.118. The van der Waals surface area contributed by atoms with Gasteiger partial charge in [-0.15, -0.1) is 10.2 Å². The number of nitrogens with one attached hydrogen (secondary N) is 1. The van der Waals surface area contributed by atoms with E-state index in [1.807, 2.05) is 36.4 Å². The van der Waals surface area contributed by atoms with Crippen LogP contribution in [0.4, 0.5) is 4.39 Å². The quantitative estimate of drug-likeness (QED) is 0.428. The van der Waals surface area contributed by atoms with Gasteiger partial charge in [-0.1, -0.05) is 52.0 Å². The number of rotatable bonds is 6. The van der Waals surface area contributed by atoms with Gasteiger partial charge in [0.15, 0.2) is 5.65 Å². The fraction of sp³-hybridized carbons (Fsp3) is 0.100. The lowest BCUT2D eigenvalue weighted by Crippen LogP contribution is -2.24. The van der Waals surface area contributed by atoms with Gasteiger partial charge in [0.2, 0.25) is 11.1 Å². The van der Waals surface area contributed by atoms with Gasteiger partial charge in [0.1, 0.15) is 5.82 Å². The number of hydrogen-bond donors (Lipinski definition) is 1. The largest absolute Gasteiger partial charge is 0.351 e. The molecule has 4 rings (SSSR count). The van der Waals surface area contributed by atoms with E-state index in [4.69, 9.17) is 0 Å². The number of carbonyl (C=O) groups excluding carboxylic acids is 1. The Bertz CT molecular complexity index is 1150. The van der Waals surface area contributed by atoms with E-state index >= 15 is 0 Å². The second-order valence-corrected chi connectivity index (χ2v) is 8.03. The van der Waals surface area contributed by atoms with Gasteiger partial charge in [-0.25, -0.2) is 4.39 Å². The molecule has 6 nitrogen and oxygen atoms in total. The molecule has 146 valence electrons. The minimum Gasteiger partial charge on any atom is -0.351 e. The number of fused-ring (bicyclic) bond motifs is 1. The molecule has 0 saturated carbocycles. The van der Waals surface area contributed by atoms with Crippen molar-refractivity contribution in [3.05, 3.63) is 76.5 Å². The van der Waals surface area contributed by atoms with Crippen molar-refractivity contribution in [2.45, 2.75) is 11.7 Å². The van der Waals surface area contributed by atoms with Crippen LogP contribution in [0.25, 0.3) is 16.9 Å².